The molecule has 0 aromatic carbocycles. The molecule has 3 atom stereocenters. The molecule has 0 aliphatic carbocycles. The first-order valence-electron chi connectivity index (χ1n) is 4.37. The van der Waals surface area contributed by atoms with E-state index in [4.69, 9.17) is 25.5 Å². The molecular weight excluding hydrogens is 224 g/mol. The number of carboxylic acid groups (broad SMARTS) is 1. The van der Waals surface area contributed by atoms with Crippen LogP contribution in [-0.4, -0.2) is 75.4 Å². The van der Waals surface area contributed by atoms with Crippen molar-refractivity contribution in [3.63, 3.8) is 0 Å². The standard InChI is InChI=1S/C8H14O8/c9-1-4(10)7(14)8(15)5(11)2-16-3-6(12)13/h4,7-10,14-15H,1-3H2,(H,12,13)/t4-,7-,8-/m1/s1. The van der Waals surface area contributed by atoms with E-state index in [1.807, 2.05) is 0 Å². The summed E-state index contributed by atoms with van der Waals surface area (Å²) < 4.78 is 4.38. The summed E-state index contributed by atoms with van der Waals surface area (Å²) in [7, 11) is 0. The minimum Gasteiger partial charge on any atom is -0.480 e. The molecule has 0 unspecified atom stereocenters. The number of aliphatic carboxylic acids is 1. The van der Waals surface area contributed by atoms with Gasteiger partial charge in [0, 0.05) is 0 Å². The smallest absolute Gasteiger partial charge is 0.329 e. The first kappa shape index (κ1) is 14.9. The topological polar surface area (TPSA) is 145 Å². The number of carbonyl (C=O) groups is 2. The lowest BCUT2D eigenvalue weighted by molar-refractivity contribution is -0.149. The second kappa shape index (κ2) is 7.25. The average molecular weight is 238 g/mol. The van der Waals surface area contributed by atoms with Gasteiger partial charge in [-0.05, 0) is 0 Å². The lowest BCUT2D eigenvalue weighted by Crippen LogP contribution is -2.45. The van der Waals surface area contributed by atoms with Crippen LogP contribution in [0.25, 0.3) is 0 Å². The molecular formula is C8H14O8. The zero-order valence-electron chi connectivity index (χ0n) is 8.31. The maximum absolute atomic E-state index is 11.1. The summed E-state index contributed by atoms with van der Waals surface area (Å²) in [6, 6.07) is 0. The highest BCUT2D eigenvalue weighted by Gasteiger charge is 2.29. The molecule has 0 aromatic rings. The Morgan fingerprint density at radius 2 is 1.69 bits per heavy atom. The van der Waals surface area contributed by atoms with Gasteiger partial charge in [-0.15, -0.1) is 0 Å². The largest absolute Gasteiger partial charge is 0.480 e. The predicted octanol–water partition coefficient (Wildman–Crippen LogP) is -3.27. The summed E-state index contributed by atoms with van der Waals surface area (Å²) in [5, 5.41) is 43.8. The van der Waals surface area contributed by atoms with Gasteiger partial charge in [0.1, 0.15) is 31.5 Å². The average Bonchev–Trinajstić information content (AvgIpc) is 2.25. The molecule has 0 amide bonds. The van der Waals surface area contributed by atoms with Crippen LogP contribution in [0.5, 0.6) is 0 Å². The van der Waals surface area contributed by atoms with Gasteiger partial charge in [0.05, 0.1) is 6.61 Å². The van der Waals surface area contributed by atoms with Gasteiger partial charge < -0.3 is 30.3 Å². The summed E-state index contributed by atoms with van der Waals surface area (Å²) >= 11 is 0. The minimum absolute atomic E-state index is 0.706. The fraction of sp³-hybridized carbons (Fsp3) is 0.750. The number of carboxylic acids is 1. The Kier molecular flexibility index (Phi) is 6.77. The SMILES string of the molecule is O=C(O)COCC(=O)[C@@H](O)[C@H](O)[C@H](O)CO. The van der Waals surface area contributed by atoms with E-state index in [0.29, 0.717) is 0 Å². The van der Waals surface area contributed by atoms with E-state index in [-0.39, 0.29) is 0 Å². The van der Waals surface area contributed by atoms with Crippen LogP contribution in [0.15, 0.2) is 0 Å². The molecule has 94 valence electrons. The molecule has 16 heavy (non-hydrogen) atoms. The van der Waals surface area contributed by atoms with Crippen LogP contribution < -0.4 is 0 Å². The minimum atomic E-state index is -1.93. The van der Waals surface area contributed by atoms with Crippen molar-refractivity contribution < 1.29 is 39.9 Å². The maximum atomic E-state index is 11.1. The van der Waals surface area contributed by atoms with Crippen molar-refractivity contribution in [1.82, 2.24) is 0 Å². The van der Waals surface area contributed by atoms with Crippen LogP contribution in [0.3, 0.4) is 0 Å². The van der Waals surface area contributed by atoms with Crippen molar-refractivity contribution in [1.29, 1.82) is 0 Å². The number of ether oxygens (including phenoxy) is 1. The Morgan fingerprint density at radius 1 is 1.12 bits per heavy atom. The van der Waals surface area contributed by atoms with E-state index in [0.717, 1.165) is 0 Å². The highest BCUT2D eigenvalue weighted by molar-refractivity contribution is 5.84. The number of rotatable bonds is 8. The van der Waals surface area contributed by atoms with Gasteiger partial charge in [-0.3, -0.25) is 4.79 Å². The van der Waals surface area contributed by atoms with Gasteiger partial charge >= 0.3 is 5.97 Å². The third-order valence-corrected chi connectivity index (χ3v) is 1.70. The van der Waals surface area contributed by atoms with Crippen molar-refractivity contribution in [2.75, 3.05) is 19.8 Å². The molecule has 0 saturated carbocycles. The molecule has 8 nitrogen and oxygen atoms in total. The molecule has 0 spiro atoms. The fourth-order valence-electron chi connectivity index (χ4n) is 0.833. The van der Waals surface area contributed by atoms with E-state index >= 15 is 0 Å². The monoisotopic (exact) mass is 238 g/mol. The lowest BCUT2D eigenvalue weighted by Gasteiger charge is -2.20. The number of carbonyl (C=O) groups excluding carboxylic acids is 1. The number of Topliss-reactive ketones (excluding diaryl/α,β-unsaturated/α-hetero) is 1. The third kappa shape index (κ3) is 5.14. The first-order valence-corrected chi connectivity index (χ1v) is 4.37. The van der Waals surface area contributed by atoms with E-state index in [2.05, 4.69) is 4.74 Å². The molecule has 0 rings (SSSR count). The van der Waals surface area contributed by atoms with Crippen LogP contribution in [0, 0.1) is 0 Å². The van der Waals surface area contributed by atoms with Gasteiger partial charge in [0.2, 0.25) is 0 Å². The maximum Gasteiger partial charge on any atom is 0.329 e. The fourth-order valence-corrected chi connectivity index (χ4v) is 0.833. The lowest BCUT2D eigenvalue weighted by atomic mass is 10.1. The number of aliphatic hydroxyl groups is 4. The van der Waals surface area contributed by atoms with E-state index in [1.54, 1.807) is 0 Å². The van der Waals surface area contributed by atoms with Crippen molar-refractivity contribution >= 4 is 11.8 Å². The van der Waals surface area contributed by atoms with Gasteiger partial charge in [-0.2, -0.15) is 0 Å². The Bertz CT molecular complexity index is 240. The molecule has 0 bridgehead atoms. The number of ketones is 1. The summed E-state index contributed by atoms with van der Waals surface area (Å²) in [5.41, 5.74) is 0. The zero-order chi connectivity index (χ0) is 12.7. The van der Waals surface area contributed by atoms with Crippen LogP contribution in [-0.2, 0) is 14.3 Å². The zero-order valence-corrected chi connectivity index (χ0v) is 8.31. The summed E-state index contributed by atoms with van der Waals surface area (Å²) in [6.45, 7) is -2.23. The van der Waals surface area contributed by atoms with E-state index < -0.39 is 49.9 Å². The summed E-state index contributed by atoms with van der Waals surface area (Å²) in [4.78, 5) is 21.1. The number of aliphatic hydroxyl groups excluding tert-OH is 4. The Morgan fingerprint density at radius 3 is 2.12 bits per heavy atom. The molecule has 0 aliphatic rings. The van der Waals surface area contributed by atoms with Crippen molar-refractivity contribution in [2.24, 2.45) is 0 Å². The van der Waals surface area contributed by atoms with E-state index in [9.17, 15) is 9.59 Å². The molecule has 0 aliphatic heterocycles. The Balaban J connectivity index is 4.02. The number of hydrogen-bond donors (Lipinski definition) is 5. The van der Waals surface area contributed by atoms with Gasteiger partial charge in [-0.25, -0.2) is 4.79 Å². The highest BCUT2D eigenvalue weighted by Crippen LogP contribution is 2.01. The Labute approximate surface area is 90.7 Å². The van der Waals surface area contributed by atoms with Crippen LogP contribution in [0.4, 0.5) is 0 Å². The summed E-state index contributed by atoms with van der Waals surface area (Å²) in [5.74, 6) is -2.26. The van der Waals surface area contributed by atoms with Gasteiger partial charge in [-0.1, -0.05) is 0 Å². The quantitative estimate of drug-likeness (QED) is 0.296. The van der Waals surface area contributed by atoms with Crippen LogP contribution in [0.1, 0.15) is 0 Å². The third-order valence-electron chi connectivity index (χ3n) is 1.70. The Hall–Kier alpha value is -1.06. The van der Waals surface area contributed by atoms with Gasteiger partial charge in [0.15, 0.2) is 5.78 Å². The predicted molar refractivity (Wildman–Crippen MR) is 48.6 cm³/mol. The molecule has 0 radical (unpaired) electrons. The normalized spacial score (nSPS) is 16.5. The molecule has 8 heteroatoms. The number of hydrogen-bond acceptors (Lipinski definition) is 7. The first-order chi connectivity index (χ1) is 7.40. The second-order valence-electron chi connectivity index (χ2n) is 3.04. The summed E-state index contributed by atoms with van der Waals surface area (Å²) in [6.07, 6.45) is -5.43. The van der Waals surface area contributed by atoms with Crippen molar-refractivity contribution in [3.8, 4) is 0 Å². The molecule has 5 N–H and O–H groups in total. The van der Waals surface area contributed by atoms with E-state index in [1.165, 1.54) is 0 Å². The highest BCUT2D eigenvalue weighted by atomic mass is 16.5. The van der Waals surface area contributed by atoms with Crippen molar-refractivity contribution in [2.45, 2.75) is 18.3 Å². The van der Waals surface area contributed by atoms with Crippen LogP contribution in [0.2, 0.25) is 0 Å². The van der Waals surface area contributed by atoms with Crippen LogP contribution >= 0.6 is 0 Å². The van der Waals surface area contributed by atoms with Crippen molar-refractivity contribution in [3.05, 3.63) is 0 Å². The molecule has 0 fully saturated rings. The second-order valence-corrected chi connectivity index (χ2v) is 3.04. The van der Waals surface area contributed by atoms with Gasteiger partial charge in [0.25, 0.3) is 0 Å². The molecule has 0 heterocycles. The molecule has 0 saturated heterocycles. The molecule has 0 aromatic heterocycles.